The number of nitrogens with zero attached hydrogens (tertiary/aromatic N) is 1. The Labute approximate surface area is 152 Å². The summed E-state index contributed by atoms with van der Waals surface area (Å²) in [6.45, 7) is 11.2. The van der Waals surface area contributed by atoms with Crippen LogP contribution in [0.2, 0.25) is 0 Å². The van der Waals surface area contributed by atoms with E-state index in [2.05, 4.69) is 77.1 Å². The normalized spacial score (nSPS) is 11.6. The summed E-state index contributed by atoms with van der Waals surface area (Å²) in [6, 6.07) is 15.9. The molecule has 25 heavy (non-hydrogen) atoms. The summed E-state index contributed by atoms with van der Waals surface area (Å²) >= 11 is 0. The van der Waals surface area contributed by atoms with Crippen LogP contribution in [0.1, 0.15) is 69.1 Å². The van der Waals surface area contributed by atoms with Gasteiger partial charge in [0.05, 0.1) is 5.69 Å². The number of rotatable bonds is 5. The van der Waals surface area contributed by atoms with Crippen molar-refractivity contribution in [2.45, 2.75) is 59.3 Å². The molecule has 1 heteroatoms. The SMILES string of the molecule is CCC(CC)c1cc(C)cc(-c2nccc3cc(C(C)C)ccc23)c1. The Bertz CT molecular complexity index is 872. The number of hydrogen-bond acceptors (Lipinski definition) is 1. The second-order valence-corrected chi connectivity index (χ2v) is 7.44. The van der Waals surface area contributed by atoms with E-state index in [0.29, 0.717) is 11.8 Å². The van der Waals surface area contributed by atoms with E-state index in [1.165, 1.54) is 45.9 Å². The van der Waals surface area contributed by atoms with Gasteiger partial charge in [0.1, 0.15) is 0 Å². The smallest absolute Gasteiger partial charge is 0.0780 e. The summed E-state index contributed by atoms with van der Waals surface area (Å²) in [5, 5.41) is 2.52. The summed E-state index contributed by atoms with van der Waals surface area (Å²) in [4.78, 5) is 4.74. The van der Waals surface area contributed by atoms with Gasteiger partial charge in [-0.2, -0.15) is 0 Å². The molecule has 0 atom stereocenters. The van der Waals surface area contributed by atoms with Crippen LogP contribution in [0, 0.1) is 6.92 Å². The van der Waals surface area contributed by atoms with Crippen LogP contribution in [0.15, 0.2) is 48.7 Å². The van der Waals surface area contributed by atoms with Gasteiger partial charge in [-0.25, -0.2) is 0 Å². The fraction of sp³-hybridized carbons (Fsp3) is 0.375. The minimum absolute atomic E-state index is 0.543. The van der Waals surface area contributed by atoms with Crippen molar-refractivity contribution in [3.8, 4) is 11.3 Å². The van der Waals surface area contributed by atoms with E-state index in [0.717, 1.165) is 5.69 Å². The molecule has 3 rings (SSSR count). The van der Waals surface area contributed by atoms with Gasteiger partial charge in [-0.15, -0.1) is 0 Å². The molecule has 0 radical (unpaired) electrons. The molecule has 0 saturated heterocycles. The van der Waals surface area contributed by atoms with Gasteiger partial charge >= 0.3 is 0 Å². The van der Waals surface area contributed by atoms with Crippen LogP contribution in [0.5, 0.6) is 0 Å². The zero-order valence-electron chi connectivity index (χ0n) is 16.1. The fourth-order valence-electron chi connectivity index (χ4n) is 3.73. The topological polar surface area (TPSA) is 12.9 Å². The first-order valence-corrected chi connectivity index (χ1v) is 9.54. The van der Waals surface area contributed by atoms with Gasteiger partial charge in [0.15, 0.2) is 0 Å². The van der Waals surface area contributed by atoms with Crippen LogP contribution in [0.4, 0.5) is 0 Å². The molecule has 1 aromatic heterocycles. The lowest BCUT2D eigenvalue weighted by Gasteiger charge is -2.16. The van der Waals surface area contributed by atoms with Gasteiger partial charge in [0.25, 0.3) is 0 Å². The summed E-state index contributed by atoms with van der Waals surface area (Å²) in [5.74, 6) is 1.17. The lowest BCUT2D eigenvalue weighted by Crippen LogP contribution is -1.98. The average Bonchev–Trinajstić information content (AvgIpc) is 2.61. The number of aryl methyl sites for hydroxylation is 1. The van der Waals surface area contributed by atoms with E-state index >= 15 is 0 Å². The van der Waals surface area contributed by atoms with E-state index < -0.39 is 0 Å². The van der Waals surface area contributed by atoms with E-state index in [1.807, 2.05) is 6.20 Å². The molecule has 1 heterocycles. The Morgan fingerprint density at radius 1 is 0.880 bits per heavy atom. The minimum atomic E-state index is 0.543. The maximum absolute atomic E-state index is 4.74. The van der Waals surface area contributed by atoms with Crippen LogP contribution < -0.4 is 0 Å². The number of pyridine rings is 1. The van der Waals surface area contributed by atoms with Crippen molar-refractivity contribution in [1.82, 2.24) is 4.98 Å². The molecule has 0 spiro atoms. The van der Waals surface area contributed by atoms with Gasteiger partial charge in [-0.3, -0.25) is 4.98 Å². The molecule has 0 amide bonds. The summed E-state index contributed by atoms with van der Waals surface area (Å²) in [6.07, 6.45) is 4.31. The Morgan fingerprint density at radius 2 is 1.64 bits per heavy atom. The molecule has 3 aromatic rings. The highest BCUT2D eigenvalue weighted by Crippen LogP contribution is 2.33. The fourth-order valence-corrected chi connectivity index (χ4v) is 3.73. The number of aromatic nitrogens is 1. The van der Waals surface area contributed by atoms with Crippen LogP contribution >= 0.6 is 0 Å². The van der Waals surface area contributed by atoms with Crippen molar-refractivity contribution in [2.24, 2.45) is 0 Å². The van der Waals surface area contributed by atoms with Crippen molar-refractivity contribution in [3.05, 3.63) is 65.4 Å². The first-order valence-electron chi connectivity index (χ1n) is 9.54. The second-order valence-electron chi connectivity index (χ2n) is 7.44. The van der Waals surface area contributed by atoms with Gasteiger partial charge in [-0.05, 0) is 66.3 Å². The average molecular weight is 332 g/mol. The summed E-state index contributed by atoms with van der Waals surface area (Å²) in [5.41, 5.74) is 6.48. The lowest BCUT2D eigenvalue weighted by atomic mass is 9.90. The van der Waals surface area contributed by atoms with Crippen LogP contribution in [-0.4, -0.2) is 4.98 Å². The highest BCUT2D eigenvalue weighted by atomic mass is 14.7. The van der Waals surface area contributed by atoms with Crippen molar-refractivity contribution in [3.63, 3.8) is 0 Å². The zero-order valence-corrected chi connectivity index (χ0v) is 16.1. The highest BCUT2D eigenvalue weighted by Gasteiger charge is 2.12. The molecular weight excluding hydrogens is 302 g/mol. The van der Waals surface area contributed by atoms with Crippen molar-refractivity contribution < 1.29 is 0 Å². The first-order chi connectivity index (χ1) is 12.0. The molecule has 0 bridgehead atoms. The van der Waals surface area contributed by atoms with Crippen molar-refractivity contribution in [1.29, 1.82) is 0 Å². The predicted octanol–water partition coefficient (Wildman–Crippen LogP) is 7.24. The third kappa shape index (κ3) is 3.61. The highest BCUT2D eigenvalue weighted by molar-refractivity contribution is 5.95. The summed E-state index contributed by atoms with van der Waals surface area (Å²) < 4.78 is 0. The zero-order chi connectivity index (χ0) is 18.0. The Balaban J connectivity index is 2.16. The van der Waals surface area contributed by atoms with Gasteiger partial charge < -0.3 is 0 Å². The first kappa shape index (κ1) is 17.7. The van der Waals surface area contributed by atoms with E-state index in [9.17, 15) is 0 Å². The van der Waals surface area contributed by atoms with Gasteiger partial charge in [-0.1, -0.05) is 57.5 Å². The van der Waals surface area contributed by atoms with Crippen LogP contribution in [0.3, 0.4) is 0 Å². The second kappa shape index (κ2) is 7.39. The minimum Gasteiger partial charge on any atom is -0.256 e. The van der Waals surface area contributed by atoms with Crippen molar-refractivity contribution >= 4 is 10.8 Å². The quantitative estimate of drug-likeness (QED) is 0.480. The van der Waals surface area contributed by atoms with Gasteiger partial charge in [0, 0.05) is 17.1 Å². The van der Waals surface area contributed by atoms with E-state index in [-0.39, 0.29) is 0 Å². The number of hydrogen-bond donors (Lipinski definition) is 0. The van der Waals surface area contributed by atoms with Gasteiger partial charge in [0.2, 0.25) is 0 Å². The largest absolute Gasteiger partial charge is 0.256 e. The van der Waals surface area contributed by atoms with E-state index in [4.69, 9.17) is 4.98 Å². The third-order valence-electron chi connectivity index (χ3n) is 5.29. The molecule has 2 aromatic carbocycles. The molecule has 130 valence electrons. The summed E-state index contributed by atoms with van der Waals surface area (Å²) in [7, 11) is 0. The van der Waals surface area contributed by atoms with Crippen LogP contribution in [-0.2, 0) is 0 Å². The monoisotopic (exact) mass is 331 g/mol. The maximum atomic E-state index is 4.74. The molecule has 0 aliphatic heterocycles. The molecule has 0 unspecified atom stereocenters. The van der Waals surface area contributed by atoms with Crippen molar-refractivity contribution in [2.75, 3.05) is 0 Å². The molecule has 0 aliphatic carbocycles. The van der Waals surface area contributed by atoms with Crippen LogP contribution in [0.25, 0.3) is 22.0 Å². The predicted molar refractivity (Wildman–Crippen MR) is 109 cm³/mol. The Hall–Kier alpha value is -2.15. The molecule has 1 nitrogen and oxygen atoms in total. The maximum Gasteiger partial charge on any atom is 0.0780 e. The molecule has 0 fully saturated rings. The standard InChI is InChI=1S/C24H29N/c1-6-18(7-2)21-12-17(5)13-22(15-21)24-23-9-8-19(16(3)4)14-20(23)10-11-25-24/h8-16,18H,6-7H2,1-5H3. The number of fused-ring (bicyclic) bond motifs is 1. The molecule has 0 N–H and O–H groups in total. The number of benzene rings is 2. The molecule has 0 aliphatic rings. The molecular formula is C24H29N. The Kier molecular flexibility index (Phi) is 5.22. The Morgan fingerprint density at radius 3 is 2.32 bits per heavy atom. The van der Waals surface area contributed by atoms with E-state index in [1.54, 1.807) is 0 Å². The lowest BCUT2D eigenvalue weighted by molar-refractivity contribution is 0.641. The molecule has 0 saturated carbocycles. The third-order valence-corrected chi connectivity index (χ3v) is 5.29.